The first-order chi connectivity index (χ1) is 8.98. The summed E-state index contributed by atoms with van der Waals surface area (Å²) in [6, 6.07) is 0. The van der Waals surface area contributed by atoms with E-state index in [9.17, 15) is 9.90 Å². The number of hydrogen-bond acceptors (Lipinski definition) is 4. The van der Waals surface area contributed by atoms with E-state index in [1.165, 1.54) is 0 Å². The van der Waals surface area contributed by atoms with E-state index in [4.69, 9.17) is 9.47 Å². The third-order valence-electron chi connectivity index (χ3n) is 3.21. The summed E-state index contributed by atoms with van der Waals surface area (Å²) in [5, 5.41) is 12.1. The van der Waals surface area contributed by atoms with Gasteiger partial charge in [-0.3, -0.25) is 4.79 Å². The minimum atomic E-state index is -0.822. The normalized spacial score (nSPS) is 14.6. The van der Waals surface area contributed by atoms with Crippen LogP contribution < -0.4 is 5.32 Å². The van der Waals surface area contributed by atoms with Gasteiger partial charge in [-0.15, -0.1) is 0 Å². The molecule has 1 unspecified atom stereocenters. The predicted molar refractivity (Wildman–Crippen MR) is 75.4 cm³/mol. The molecule has 0 aliphatic heterocycles. The van der Waals surface area contributed by atoms with Crippen LogP contribution in [0, 0.1) is 5.92 Å². The van der Waals surface area contributed by atoms with Crippen LogP contribution in [0.15, 0.2) is 0 Å². The van der Waals surface area contributed by atoms with Crippen LogP contribution in [-0.2, 0) is 14.3 Å². The minimum absolute atomic E-state index is 0.538. The Hall–Kier alpha value is -0.650. The van der Waals surface area contributed by atoms with E-state index in [1.807, 2.05) is 6.92 Å². The molecule has 114 valence electrons. The molecule has 0 radical (unpaired) electrons. The molecule has 0 spiro atoms. The highest BCUT2D eigenvalue weighted by atomic mass is 16.5. The van der Waals surface area contributed by atoms with Crippen molar-refractivity contribution in [3.8, 4) is 0 Å². The zero-order valence-electron chi connectivity index (χ0n) is 12.7. The molecule has 0 bridgehead atoms. The molecule has 2 N–H and O–H groups in total. The summed E-state index contributed by atoms with van der Waals surface area (Å²) in [5.74, 6) is -0.255. The minimum Gasteiger partial charge on any atom is -0.480 e. The average Bonchev–Trinajstić information content (AvgIpc) is 2.37. The lowest BCUT2D eigenvalue weighted by Crippen LogP contribution is -2.49. The van der Waals surface area contributed by atoms with Crippen LogP contribution in [0.2, 0.25) is 0 Å². The van der Waals surface area contributed by atoms with Crippen molar-refractivity contribution < 1.29 is 19.4 Å². The van der Waals surface area contributed by atoms with Gasteiger partial charge in [-0.1, -0.05) is 20.8 Å². The summed E-state index contributed by atoms with van der Waals surface area (Å²) in [5.41, 5.74) is -0.822. The molecular weight excluding hydrogens is 246 g/mol. The Morgan fingerprint density at radius 1 is 1.26 bits per heavy atom. The van der Waals surface area contributed by atoms with Crippen molar-refractivity contribution in [1.29, 1.82) is 0 Å². The fraction of sp³-hybridized carbons (Fsp3) is 0.929. The smallest absolute Gasteiger partial charge is 0.323 e. The van der Waals surface area contributed by atoms with Gasteiger partial charge in [-0.25, -0.2) is 0 Å². The van der Waals surface area contributed by atoms with Crippen LogP contribution in [0.4, 0.5) is 0 Å². The molecule has 0 aromatic heterocycles. The van der Waals surface area contributed by atoms with E-state index in [1.54, 1.807) is 7.05 Å². The van der Waals surface area contributed by atoms with Gasteiger partial charge in [0.2, 0.25) is 0 Å². The second kappa shape index (κ2) is 10.2. The lowest BCUT2D eigenvalue weighted by Gasteiger charge is -2.27. The number of ether oxygens (including phenoxy) is 2. The predicted octanol–water partition coefficient (Wildman–Crippen LogP) is 1.91. The Bertz CT molecular complexity index is 240. The van der Waals surface area contributed by atoms with E-state index in [0.717, 1.165) is 13.0 Å². The maximum Gasteiger partial charge on any atom is 0.323 e. The maximum atomic E-state index is 11.2. The monoisotopic (exact) mass is 275 g/mol. The zero-order valence-corrected chi connectivity index (χ0v) is 12.7. The number of carbonyl (C=O) groups is 1. The Morgan fingerprint density at radius 3 is 2.37 bits per heavy atom. The number of aliphatic carboxylic acids is 1. The highest BCUT2D eigenvalue weighted by Gasteiger charge is 2.33. The first-order valence-electron chi connectivity index (χ1n) is 7.06. The lowest BCUT2D eigenvalue weighted by atomic mass is 9.91. The number of likely N-dealkylation sites (N-methyl/N-ethyl adjacent to an activating group) is 1. The fourth-order valence-electron chi connectivity index (χ4n) is 1.86. The number of nitrogens with one attached hydrogen (secondary N) is 1. The van der Waals surface area contributed by atoms with E-state index in [0.29, 0.717) is 38.6 Å². The molecule has 0 saturated carbocycles. The largest absolute Gasteiger partial charge is 0.480 e. The summed E-state index contributed by atoms with van der Waals surface area (Å²) in [6.07, 6.45) is 1.86. The second-order valence-electron chi connectivity index (χ2n) is 5.18. The van der Waals surface area contributed by atoms with Crippen LogP contribution in [0.3, 0.4) is 0 Å². The first-order valence-corrected chi connectivity index (χ1v) is 7.06. The van der Waals surface area contributed by atoms with Gasteiger partial charge in [-0.2, -0.15) is 0 Å². The molecule has 5 nitrogen and oxygen atoms in total. The molecular formula is C14H29NO4. The third kappa shape index (κ3) is 7.50. The standard InChI is InChI=1S/C14H29NO4/c1-5-14(15-4,13(16)17)7-6-8-18-9-10-19-11-12(2)3/h12,15H,5-11H2,1-4H3,(H,16,17). The topological polar surface area (TPSA) is 67.8 Å². The molecule has 0 aliphatic rings. The van der Waals surface area contributed by atoms with Gasteiger partial charge in [-0.05, 0) is 32.2 Å². The Morgan fingerprint density at radius 2 is 1.89 bits per heavy atom. The molecule has 0 rings (SSSR count). The van der Waals surface area contributed by atoms with Crippen LogP contribution in [-0.4, -0.2) is 50.1 Å². The van der Waals surface area contributed by atoms with Gasteiger partial charge in [0.15, 0.2) is 0 Å². The lowest BCUT2D eigenvalue weighted by molar-refractivity contribution is -0.145. The fourth-order valence-corrected chi connectivity index (χ4v) is 1.86. The van der Waals surface area contributed by atoms with Crippen molar-refractivity contribution in [3.63, 3.8) is 0 Å². The SMILES string of the molecule is CCC(CCCOCCOCC(C)C)(NC)C(=O)O. The Labute approximate surface area is 116 Å². The van der Waals surface area contributed by atoms with Crippen molar-refractivity contribution in [1.82, 2.24) is 5.32 Å². The molecule has 0 saturated heterocycles. The summed E-state index contributed by atoms with van der Waals surface area (Å²) in [7, 11) is 1.69. The molecule has 0 aromatic rings. The second-order valence-corrected chi connectivity index (χ2v) is 5.18. The zero-order chi connectivity index (χ0) is 14.7. The Kier molecular flexibility index (Phi) is 9.83. The first kappa shape index (κ1) is 18.4. The van der Waals surface area contributed by atoms with Crippen molar-refractivity contribution in [2.75, 3.05) is 33.5 Å². The third-order valence-corrected chi connectivity index (χ3v) is 3.21. The number of carboxylic acids is 1. The maximum absolute atomic E-state index is 11.2. The van der Waals surface area contributed by atoms with Gasteiger partial charge >= 0.3 is 5.97 Å². The molecule has 1 atom stereocenters. The average molecular weight is 275 g/mol. The highest BCUT2D eigenvalue weighted by molar-refractivity contribution is 5.78. The highest BCUT2D eigenvalue weighted by Crippen LogP contribution is 2.17. The summed E-state index contributed by atoms with van der Waals surface area (Å²) < 4.78 is 10.8. The van der Waals surface area contributed by atoms with E-state index in [-0.39, 0.29) is 0 Å². The van der Waals surface area contributed by atoms with Crippen LogP contribution in [0.1, 0.15) is 40.0 Å². The van der Waals surface area contributed by atoms with Gasteiger partial charge < -0.3 is 19.9 Å². The molecule has 0 aromatic carbocycles. The van der Waals surface area contributed by atoms with Gasteiger partial charge in [0.25, 0.3) is 0 Å². The van der Waals surface area contributed by atoms with Crippen LogP contribution in [0.25, 0.3) is 0 Å². The summed E-state index contributed by atoms with van der Waals surface area (Å²) >= 11 is 0. The van der Waals surface area contributed by atoms with E-state index >= 15 is 0 Å². The number of carboxylic acid groups (broad SMARTS) is 1. The number of rotatable bonds is 12. The molecule has 5 heteroatoms. The van der Waals surface area contributed by atoms with E-state index in [2.05, 4.69) is 19.2 Å². The summed E-state index contributed by atoms with van der Waals surface area (Å²) in [4.78, 5) is 11.2. The quantitative estimate of drug-likeness (QED) is 0.533. The molecule has 0 amide bonds. The molecule has 0 fully saturated rings. The molecule has 0 heterocycles. The Balaban J connectivity index is 3.64. The summed E-state index contributed by atoms with van der Waals surface area (Å²) in [6.45, 7) is 8.58. The van der Waals surface area contributed by atoms with Gasteiger partial charge in [0.1, 0.15) is 5.54 Å². The van der Waals surface area contributed by atoms with Crippen LogP contribution in [0.5, 0.6) is 0 Å². The van der Waals surface area contributed by atoms with Crippen LogP contribution >= 0.6 is 0 Å². The van der Waals surface area contributed by atoms with Gasteiger partial charge in [0, 0.05) is 13.2 Å². The molecule has 0 aliphatic carbocycles. The van der Waals surface area contributed by atoms with Crippen molar-refractivity contribution >= 4 is 5.97 Å². The van der Waals surface area contributed by atoms with Crippen molar-refractivity contribution in [2.24, 2.45) is 5.92 Å². The van der Waals surface area contributed by atoms with E-state index < -0.39 is 11.5 Å². The molecule has 19 heavy (non-hydrogen) atoms. The van der Waals surface area contributed by atoms with Crippen molar-refractivity contribution in [3.05, 3.63) is 0 Å². The van der Waals surface area contributed by atoms with Gasteiger partial charge in [0.05, 0.1) is 13.2 Å². The van der Waals surface area contributed by atoms with Crippen molar-refractivity contribution in [2.45, 2.75) is 45.6 Å². The number of hydrogen-bond donors (Lipinski definition) is 2.